The monoisotopic (exact) mass is 180 g/mol. The van der Waals surface area contributed by atoms with Gasteiger partial charge in [-0.15, -0.1) is 6.58 Å². The van der Waals surface area contributed by atoms with Gasteiger partial charge in [-0.1, -0.05) is 53.9 Å². The van der Waals surface area contributed by atoms with Gasteiger partial charge < -0.3 is 0 Å². The second-order valence-corrected chi connectivity index (χ2v) is 3.57. The van der Waals surface area contributed by atoms with Crippen LogP contribution in [-0.4, -0.2) is 15.7 Å². The third-order valence-electron chi connectivity index (χ3n) is 1.99. The molecule has 0 saturated carbocycles. The van der Waals surface area contributed by atoms with Crippen LogP contribution in [0.5, 0.6) is 0 Å². The Morgan fingerprint density at radius 2 is 1.64 bits per heavy atom. The second kappa shape index (κ2) is 4.71. The van der Waals surface area contributed by atoms with Crippen LogP contribution >= 0.6 is 0 Å². The second-order valence-electron chi connectivity index (χ2n) is 3.57. The van der Waals surface area contributed by atoms with E-state index >= 15 is 0 Å². The van der Waals surface area contributed by atoms with Gasteiger partial charge in [-0.2, -0.15) is 0 Å². The molecule has 0 aliphatic rings. The topological polar surface area (TPSA) is 0 Å². The molecule has 0 fully saturated rings. The van der Waals surface area contributed by atoms with Crippen molar-refractivity contribution in [3.05, 3.63) is 60.6 Å². The summed E-state index contributed by atoms with van der Waals surface area (Å²) >= 11 is 0. The van der Waals surface area contributed by atoms with Crippen molar-refractivity contribution in [2.75, 3.05) is 0 Å². The van der Waals surface area contributed by atoms with E-state index in [1.165, 1.54) is 5.46 Å². The van der Waals surface area contributed by atoms with E-state index in [4.69, 9.17) is 0 Å². The minimum atomic E-state index is 1.02. The first-order valence-electron chi connectivity index (χ1n) is 4.69. The van der Waals surface area contributed by atoms with Crippen LogP contribution in [0.1, 0.15) is 5.56 Å². The molecular formula is C12H14B2. The molecular weight excluding hydrogens is 166 g/mol. The maximum Gasteiger partial charge on any atom is 0.139 e. The molecule has 14 heavy (non-hydrogen) atoms. The molecule has 0 heterocycles. The van der Waals surface area contributed by atoms with Crippen molar-refractivity contribution in [2.24, 2.45) is 0 Å². The molecule has 0 spiro atoms. The third kappa shape index (κ3) is 3.14. The van der Waals surface area contributed by atoms with Crippen LogP contribution < -0.4 is 5.46 Å². The first-order chi connectivity index (χ1) is 6.59. The summed E-state index contributed by atoms with van der Waals surface area (Å²) in [4.78, 5) is 0. The fourth-order valence-electron chi connectivity index (χ4n) is 1.11. The van der Waals surface area contributed by atoms with Crippen LogP contribution in [0.25, 0.3) is 5.57 Å². The largest absolute Gasteiger partial charge is 0.139 e. The number of hydrogen-bond donors (Lipinski definition) is 0. The van der Waals surface area contributed by atoms with Gasteiger partial charge in [0.1, 0.15) is 15.7 Å². The Kier molecular flexibility index (Phi) is 3.58. The van der Waals surface area contributed by atoms with E-state index in [2.05, 4.69) is 45.3 Å². The highest BCUT2D eigenvalue weighted by Gasteiger charge is 1.93. The molecule has 0 aliphatic carbocycles. The summed E-state index contributed by atoms with van der Waals surface area (Å²) < 4.78 is 0. The van der Waals surface area contributed by atoms with Gasteiger partial charge in [0.15, 0.2) is 0 Å². The number of benzene rings is 1. The first kappa shape index (κ1) is 10.6. The van der Waals surface area contributed by atoms with Gasteiger partial charge in [0.05, 0.1) is 0 Å². The summed E-state index contributed by atoms with van der Waals surface area (Å²) in [5.74, 6) is 0. The molecule has 0 atom stereocenters. The van der Waals surface area contributed by atoms with E-state index in [1.807, 2.05) is 20.0 Å². The number of hydrogen-bond acceptors (Lipinski definition) is 0. The van der Waals surface area contributed by atoms with E-state index in [0.717, 1.165) is 16.6 Å². The molecule has 1 rings (SSSR count). The molecule has 0 bridgehead atoms. The molecule has 0 aliphatic heterocycles. The van der Waals surface area contributed by atoms with Crippen LogP contribution in [0.3, 0.4) is 0 Å². The van der Waals surface area contributed by atoms with E-state index in [0.29, 0.717) is 0 Å². The summed E-state index contributed by atoms with van der Waals surface area (Å²) in [6.45, 7) is 7.81. The molecule has 1 aromatic carbocycles. The highest BCUT2D eigenvalue weighted by molar-refractivity contribution is 6.32. The smallest absolute Gasteiger partial charge is 0.105 e. The lowest BCUT2D eigenvalue weighted by molar-refractivity contribution is 1.66. The lowest BCUT2D eigenvalue weighted by Crippen LogP contribution is -1.99. The maximum atomic E-state index is 4.00. The predicted molar refractivity (Wildman–Crippen MR) is 70.5 cm³/mol. The number of rotatable bonds is 3. The Balaban J connectivity index is 2.80. The molecule has 0 unspecified atom stereocenters. The Morgan fingerprint density at radius 1 is 1.07 bits per heavy atom. The van der Waals surface area contributed by atoms with E-state index in [1.54, 1.807) is 0 Å². The van der Waals surface area contributed by atoms with Crippen molar-refractivity contribution in [3.63, 3.8) is 0 Å². The van der Waals surface area contributed by atoms with Gasteiger partial charge in [-0.25, -0.2) is 0 Å². The summed E-state index contributed by atoms with van der Waals surface area (Å²) in [6.07, 6.45) is 3.97. The molecule has 0 aromatic heterocycles. The van der Waals surface area contributed by atoms with Gasteiger partial charge in [0.25, 0.3) is 0 Å². The van der Waals surface area contributed by atoms with Crippen LogP contribution in [0.4, 0.5) is 0 Å². The van der Waals surface area contributed by atoms with Gasteiger partial charge in [0, 0.05) is 0 Å². The molecule has 0 nitrogen and oxygen atoms in total. The van der Waals surface area contributed by atoms with Gasteiger partial charge >= 0.3 is 0 Å². The molecule has 68 valence electrons. The highest BCUT2D eigenvalue weighted by atomic mass is 14.0. The summed E-state index contributed by atoms with van der Waals surface area (Å²) in [7, 11) is 4.05. The quantitative estimate of drug-likeness (QED) is 0.473. The Morgan fingerprint density at radius 3 is 2.14 bits per heavy atom. The average molecular weight is 180 g/mol. The molecule has 0 saturated heterocycles. The zero-order valence-corrected chi connectivity index (χ0v) is 8.88. The first-order valence-corrected chi connectivity index (χ1v) is 4.69. The van der Waals surface area contributed by atoms with Crippen molar-refractivity contribution < 1.29 is 0 Å². The lowest BCUT2D eigenvalue weighted by atomic mass is 9.93. The standard InChI is InChI=1S/C12H14B2/c1-9(3-4-10(2)13)11-5-7-12(14)8-6-11/h3-8H,1-2,13-14H2/b4-3-. The van der Waals surface area contributed by atoms with E-state index in [-0.39, 0.29) is 0 Å². The fraction of sp³-hybridized carbons (Fsp3) is 0. The number of allylic oxidation sites excluding steroid dienone is 4. The fourth-order valence-corrected chi connectivity index (χ4v) is 1.11. The van der Waals surface area contributed by atoms with Crippen molar-refractivity contribution in [2.45, 2.75) is 0 Å². The van der Waals surface area contributed by atoms with Crippen LogP contribution in [0.15, 0.2) is 55.0 Å². The summed E-state index contributed by atoms with van der Waals surface area (Å²) in [5, 5.41) is 0. The molecule has 2 heteroatoms. The van der Waals surface area contributed by atoms with E-state index < -0.39 is 0 Å². The summed E-state index contributed by atoms with van der Waals surface area (Å²) in [5.41, 5.74) is 4.49. The van der Waals surface area contributed by atoms with Crippen LogP contribution in [0, 0.1) is 0 Å². The average Bonchev–Trinajstić information content (AvgIpc) is 2.15. The van der Waals surface area contributed by atoms with Crippen molar-refractivity contribution in [1.82, 2.24) is 0 Å². The highest BCUT2D eigenvalue weighted by Crippen LogP contribution is 2.12. The van der Waals surface area contributed by atoms with Crippen molar-refractivity contribution >= 4 is 26.7 Å². The summed E-state index contributed by atoms with van der Waals surface area (Å²) in [6, 6.07) is 8.35. The Labute approximate surface area is 87.9 Å². The van der Waals surface area contributed by atoms with Gasteiger partial charge in [-0.3, -0.25) is 0 Å². The molecule has 0 N–H and O–H groups in total. The molecule has 1 aromatic rings. The minimum absolute atomic E-state index is 1.02. The van der Waals surface area contributed by atoms with Crippen LogP contribution in [0.2, 0.25) is 0 Å². The minimum Gasteiger partial charge on any atom is -0.105 e. The lowest BCUT2D eigenvalue weighted by Gasteiger charge is -2.00. The zero-order chi connectivity index (χ0) is 10.6. The normalized spacial score (nSPS) is 10.3. The van der Waals surface area contributed by atoms with Crippen molar-refractivity contribution in [3.8, 4) is 0 Å². The SMILES string of the molecule is BC(=C)/C=C\C(=C)c1ccc(B)cc1. The van der Waals surface area contributed by atoms with Crippen molar-refractivity contribution in [1.29, 1.82) is 0 Å². The third-order valence-corrected chi connectivity index (χ3v) is 1.99. The Bertz CT molecular complexity index is 372. The van der Waals surface area contributed by atoms with Gasteiger partial charge in [0.2, 0.25) is 0 Å². The van der Waals surface area contributed by atoms with Crippen LogP contribution in [-0.2, 0) is 0 Å². The predicted octanol–water partition coefficient (Wildman–Crippen LogP) is 0.661. The van der Waals surface area contributed by atoms with Gasteiger partial charge in [-0.05, 0) is 11.1 Å². The molecule has 0 amide bonds. The van der Waals surface area contributed by atoms with E-state index in [9.17, 15) is 0 Å². The maximum absolute atomic E-state index is 4.00. The molecule has 0 radical (unpaired) electrons. The Hall–Kier alpha value is -1.43. The zero-order valence-electron chi connectivity index (χ0n) is 8.88.